The molecule has 2 rings (SSSR count). The highest BCUT2D eigenvalue weighted by Crippen LogP contribution is 2.22. The predicted octanol–water partition coefficient (Wildman–Crippen LogP) is 3.47. The summed E-state index contributed by atoms with van der Waals surface area (Å²) >= 11 is 0. The van der Waals surface area contributed by atoms with Crippen molar-refractivity contribution < 1.29 is 13.2 Å². The molecular weight excluding hydrogens is 350 g/mol. The Kier molecular flexibility index (Phi) is 6.26. The SMILES string of the molecule is CCN(C)c1ccc(C(=O)Nc2ccc(NS(=O)(=O)CC)c(C)c2)cc1. The smallest absolute Gasteiger partial charge is 0.255 e. The number of hydrogen-bond acceptors (Lipinski definition) is 4. The number of nitrogens with one attached hydrogen (secondary N) is 2. The van der Waals surface area contributed by atoms with Crippen LogP contribution in [0.2, 0.25) is 0 Å². The first kappa shape index (κ1) is 19.8. The number of amides is 1. The molecule has 2 aromatic carbocycles. The van der Waals surface area contributed by atoms with Gasteiger partial charge in [0.15, 0.2) is 0 Å². The zero-order valence-electron chi connectivity index (χ0n) is 15.5. The first-order valence-corrected chi connectivity index (χ1v) is 10.1. The molecule has 0 aliphatic heterocycles. The van der Waals surface area contributed by atoms with Gasteiger partial charge in [0.25, 0.3) is 5.91 Å². The molecule has 0 saturated carbocycles. The summed E-state index contributed by atoms with van der Waals surface area (Å²) in [6, 6.07) is 12.5. The third kappa shape index (κ3) is 4.98. The van der Waals surface area contributed by atoms with Crippen molar-refractivity contribution in [3.05, 3.63) is 53.6 Å². The van der Waals surface area contributed by atoms with E-state index < -0.39 is 10.0 Å². The van der Waals surface area contributed by atoms with Gasteiger partial charge in [-0.1, -0.05) is 0 Å². The molecule has 0 spiro atoms. The number of nitrogens with zero attached hydrogens (tertiary/aromatic N) is 1. The molecule has 0 saturated heterocycles. The van der Waals surface area contributed by atoms with E-state index in [9.17, 15) is 13.2 Å². The molecule has 0 aromatic heterocycles. The van der Waals surface area contributed by atoms with Crippen molar-refractivity contribution in [1.29, 1.82) is 0 Å². The number of sulfonamides is 1. The molecule has 0 aliphatic carbocycles. The van der Waals surface area contributed by atoms with E-state index in [0.717, 1.165) is 17.8 Å². The number of aryl methyl sites for hydroxylation is 1. The molecule has 0 fully saturated rings. The van der Waals surface area contributed by atoms with E-state index in [1.54, 1.807) is 44.2 Å². The highest BCUT2D eigenvalue weighted by atomic mass is 32.2. The van der Waals surface area contributed by atoms with E-state index >= 15 is 0 Å². The summed E-state index contributed by atoms with van der Waals surface area (Å²) < 4.78 is 25.9. The Morgan fingerprint density at radius 2 is 1.73 bits per heavy atom. The van der Waals surface area contributed by atoms with E-state index in [0.29, 0.717) is 16.9 Å². The molecule has 0 bridgehead atoms. The largest absolute Gasteiger partial charge is 0.375 e. The molecule has 2 aromatic rings. The molecule has 0 atom stereocenters. The van der Waals surface area contributed by atoms with Gasteiger partial charge in [-0.15, -0.1) is 0 Å². The van der Waals surface area contributed by atoms with Crippen LogP contribution in [0, 0.1) is 6.92 Å². The summed E-state index contributed by atoms with van der Waals surface area (Å²) in [7, 11) is -1.34. The second-order valence-electron chi connectivity index (χ2n) is 6.05. The number of hydrogen-bond donors (Lipinski definition) is 2. The molecule has 0 radical (unpaired) electrons. The Labute approximate surface area is 155 Å². The maximum absolute atomic E-state index is 12.4. The summed E-state index contributed by atoms with van der Waals surface area (Å²) in [4.78, 5) is 14.5. The molecule has 140 valence electrons. The lowest BCUT2D eigenvalue weighted by Crippen LogP contribution is -2.17. The van der Waals surface area contributed by atoms with Crippen molar-refractivity contribution in [2.24, 2.45) is 0 Å². The monoisotopic (exact) mass is 375 g/mol. The van der Waals surface area contributed by atoms with Gasteiger partial charge >= 0.3 is 0 Å². The van der Waals surface area contributed by atoms with Crippen LogP contribution in [0.15, 0.2) is 42.5 Å². The van der Waals surface area contributed by atoms with Gasteiger partial charge in [-0.3, -0.25) is 9.52 Å². The predicted molar refractivity (Wildman–Crippen MR) is 108 cm³/mol. The van der Waals surface area contributed by atoms with Crippen LogP contribution in [0.25, 0.3) is 0 Å². The minimum Gasteiger partial charge on any atom is -0.375 e. The topological polar surface area (TPSA) is 78.5 Å². The molecule has 1 amide bonds. The number of carbonyl (C=O) groups excluding carboxylic acids is 1. The average molecular weight is 375 g/mol. The normalized spacial score (nSPS) is 11.1. The van der Waals surface area contributed by atoms with Gasteiger partial charge in [0.2, 0.25) is 10.0 Å². The molecule has 7 heteroatoms. The molecule has 26 heavy (non-hydrogen) atoms. The highest BCUT2D eigenvalue weighted by molar-refractivity contribution is 7.92. The zero-order chi connectivity index (χ0) is 19.3. The molecule has 2 N–H and O–H groups in total. The van der Waals surface area contributed by atoms with Crippen LogP contribution in [-0.2, 0) is 10.0 Å². The minimum atomic E-state index is -3.33. The lowest BCUT2D eigenvalue weighted by Gasteiger charge is -2.17. The van der Waals surface area contributed by atoms with E-state index in [2.05, 4.69) is 21.9 Å². The van der Waals surface area contributed by atoms with E-state index in [1.165, 1.54) is 0 Å². The molecular formula is C19H25N3O3S. The van der Waals surface area contributed by atoms with Crippen molar-refractivity contribution >= 4 is 33.0 Å². The third-order valence-electron chi connectivity index (χ3n) is 4.17. The second kappa shape index (κ2) is 8.23. The van der Waals surface area contributed by atoms with Crippen molar-refractivity contribution in [3.63, 3.8) is 0 Å². The van der Waals surface area contributed by atoms with Crippen LogP contribution in [0.3, 0.4) is 0 Å². The Morgan fingerprint density at radius 1 is 1.08 bits per heavy atom. The van der Waals surface area contributed by atoms with Gasteiger partial charge in [-0.25, -0.2) is 8.42 Å². The standard InChI is InChI=1S/C19H25N3O3S/c1-5-22(4)17-10-7-15(8-11-17)19(23)20-16-9-12-18(14(3)13-16)21-26(24,25)6-2/h7-13,21H,5-6H2,1-4H3,(H,20,23). The highest BCUT2D eigenvalue weighted by Gasteiger charge is 2.11. The van der Waals surface area contributed by atoms with E-state index in [4.69, 9.17) is 0 Å². The van der Waals surface area contributed by atoms with Gasteiger partial charge in [-0.2, -0.15) is 0 Å². The number of benzene rings is 2. The Balaban J connectivity index is 2.11. The maximum Gasteiger partial charge on any atom is 0.255 e. The Hall–Kier alpha value is -2.54. The first-order chi connectivity index (χ1) is 12.3. The van der Waals surface area contributed by atoms with Crippen LogP contribution in [0.5, 0.6) is 0 Å². The van der Waals surface area contributed by atoms with Crippen LogP contribution in [0.1, 0.15) is 29.8 Å². The molecule has 6 nitrogen and oxygen atoms in total. The van der Waals surface area contributed by atoms with Gasteiger partial charge < -0.3 is 10.2 Å². The van der Waals surface area contributed by atoms with Gasteiger partial charge in [-0.05, 0) is 68.8 Å². The fourth-order valence-corrected chi connectivity index (χ4v) is 3.06. The van der Waals surface area contributed by atoms with Crippen molar-refractivity contribution in [2.75, 3.05) is 34.3 Å². The number of anilines is 3. The summed E-state index contributed by atoms with van der Waals surface area (Å²) in [6.45, 7) is 6.32. The van der Waals surface area contributed by atoms with Crippen molar-refractivity contribution in [1.82, 2.24) is 0 Å². The lowest BCUT2D eigenvalue weighted by atomic mass is 10.1. The minimum absolute atomic E-state index is 0.00808. The van der Waals surface area contributed by atoms with Crippen LogP contribution < -0.4 is 14.9 Å². The van der Waals surface area contributed by atoms with E-state index in [1.807, 2.05) is 19.2 Å². The zero-order valence-corrected chi connectivity index (χ0v) is 16.4. The summed E-state index contributed by atoms with van der Waals surface area (Å²) in [5.41, 5.74) is 3.47. The third-order valence-corrected chi connectivity index (χ3v) is 5.47. The fraction of sp³-hybridized carbons (Fsp3) is 0.316. The van der Waals surface area contributed by atoms with Gasteiger partial charge in [0.1, 0.15) is 0 Å². The Bertz CT molecular complexity index is 877. The van der Waals surface area contributed by atoms with Gasteiger partial charge in [0.05, 0.1) is 11.4 Å². The Morgan fingerprint density at radius 3 is 2.27 bits per heavy atom. The molecule has 0 unspecified atom stereocenters. The number of carbonyl (C=O) groups is 1. The summed E-state index contributed by atoms with van der Waals surface area (Å²) in [5, 5.41) is 2.84. The van der Waals surface area contributed by atoms with Crippen molar-refractivity contribution in [3.8, 4) is 0 Å². The van der Waals surface area contributed by atoms with Gasteiger partial charge in [0, 0.05) is 30.5 Å². The maximum atomic E-state index is 12.4. The molecule has 0 heterocycles. The number of rotatable bonds is 7. The van der Waals surface area contributed by atoms with Crippen LogP contribution in [0.4, 0.5) is 17.1 Å². The summed E-state index contributed by atoms with van der Waals surface area (Å²) in [5.74, 6) is -0.203. The fourth-order valence-electron chi connectivity index (χ4n) is 2.35. The summed E-state index contributed by atoms with van der Waals surface area (Å²) in [6.07, 6.45) is 0. The average Bonchev–Trinajstić information content (AvgIpc) is 2.63. The lowest BCUT2D eigenvalue weighted by molar-refractivity contribution is 0.102. The quantitative estimate of drug-likeness (QED) is 0.777. The van der Waals surface area contributed by atoms with Crippen LogP contribution >= 0.6 is 0 Å². The van der Waals surface area contributed by atoms with E-state index in [-0.39, 0.29) is 11.7 Å². The molecule has 0 aliphatic rings. The first-order valence-electron chi connectivity index (χ1n) is 8.49. The van der Waals surface area contributed by atoms with Crippen molar-refractivity contribution in [2.45, 2.75) is 20.8 Å². The second-order valence-corrected chi connectivity index (χ2v) is 8.06. The van der Waals surface area contributed by atoms with Crippen LogP contribution in [-0.4, -0.2) is 33.7 Å².